The lowest BCUT2D eigenvalue weighted by molar-refractivity contribution is 0.531. The van der Waals surface area contributed by atoms with Crippen LogP contribution in [0.5, 0.6) is 0 Å². The van der Waals surface area contributed by atoms with Crippen LogP contribution >= 0.6 is 0 Å². The van der Waals surface area contributed by atoms with Gasteiger partial charge in [0.1, 0.15) is 5.82 Å². The lowest BCUT2D eigenvalue weighted by Gasteiger charge is -2.14. The van der Waals surface area contributed by atoms with Gasteiger partial charge in [0.25, 0.3) is 0 Å². The van der Waals surface area contributed by atoms with E-state index in [0.717, 1.165) is 35.9 Å². The SMILES string of the molecule is CC(C)Cn1cc([C@@H](C)NS(=O)(=O)C2CC2)c2cc(F)c(C(C)C)cc21. The van der Waals surface area contributed by atoms with Crippen LogP contribution in [-0.2, 0) is 16.6 Å². The molecule has 1 aromatic carbocycles. The first-order valence-electron chi connectivity index (χ1n) is 9.43. The van der Waals surface area contributed by atoms with E-state index < -0.39 is 10.0 Å². The van der Waals surface area contributed by atoms with E-state index in [9.17, 15) is 12.8 Å². The maximum atomic E-state index is 14.6. The van der Waals surface area contributed by atoms with Gasteiger partial charge in [-0.25, -0.2) is 17.5 Å². The van der Waals surface area contributed by atoms with E-state index in [4.69, 9.17) is 0 Å². The molecule has 0 radical (unpaired) electrons. The van der Waals surface area contributed by atoms with Gasteiger partial charge in [-0.2, -0.15) is 0 Å². The predicted octanol–water partition coefficient (Wildman–Crippen LogP) is 4.70. The summed E-state index contributed by atoms with van der Waals surface area (Å²) >= 11 is 0. The third-order valence-corrected chi connectivity index (χ3v) is 7.02. The number of rotatable bonds is 7. The standard InChI is InChI=1S/C20H29FN2O2S/c1-12(2)10-23-11-18(14(5)22-26(24,25)15-6-7-15)17-8-19(21)16(13(3)4)9-20(17)23/h8-9,11-15,22H,6-7,10H2,1-5H3/t14-/m1/s1. The zero-order valence-corrected chi connectivity index (χ0v) is 17.0. The van der Waals surface area contributed by atoms with Crippen molar-refractivity contribution in [2.75, 3.05) is 0 Å². The summed E-state index contributed by atoms with van der Waals surface area (Å²) < 4.78 is 44.2. The van der Waals surface area contributed by atoms with Crippen LogP contribution < -0.4 is 4.72 Å². The van der Waals surface area contributed by atoms with Crippen LogP contribution in [0, 0.1) is 11.7 Å². The molecule has 0 saturated heterocycles. The predicted molar refractivity (Wildman–Crippen MR) is 104 cm³/mol. The molecule has 1 aliphatic rings. The summed E-state index contributed by atoms with van der Waals surface area (Å²) in [5.74, 6) is 0.300. The molecule has 3 rings (SSSR count). The van der Waals surface area contributed by atoms with Gasteiger partial charge in [0.05, 0.1) is 5.25 Å². The van der Waals surface area contributed by atoms with Crippen molar-refractivity contribution in [2.24, 2.45) is 5.92 Å². The topological polar surface area (TPSA) is 51.1 Å². The highest BCUT2D eigenvalue weighted by Gasteiger charge is 2.36. The summed E-state index contributed by atoms with van der Waals surface area (Å²) in [4.78, 5) is 0. The van der Waals surface area contributed by atoms with E-state index in [1.54, 1.807) is 6.07 Å². The highest BCUT2D eigenvalue weighted by molar-refractivity contribution is 7.90. The van der Waals surface area contributed by atoms with Gasteiger partial charge in [-0.1, -0.05) is 27.7 Å². The lowest BCUT2D eigenvalue weighted by Crippen LogP contribution is -2.29. The molecule has 2 aromatic rings. The third-order valence-electron chi connectivity index (χ3n) is 4.98. The maximum absolute atomic E-state index is 14.6. The fraction of sp³-hybridized carbons (Fsp3) is 0.600. The number of nitrogens with one attached hydrogen (secondary N) is 1. The number of benzene rings is 1. The Morgan fingerprint density at radius 3 is 2.35 bits per heavy atom. The lowest BCUT2D eigenvalue weighted by atomic mass is 9.99. The van der Waals surface area contributed by atoms with Gasteiger partial charge in [0.2, 0.25) is 10.0 Å². The molecule has 1 heterocycles. The van der Waals surface area contributed by atoms with Crippen LogP contribution in [0.25, 0.3) is 10.9 Å². The van der Waals surface area contributed by atoms with E-state index in [2.05, 4.69) is 23.1 Å². The van der Waals surface area contributed by atoms with Crippen molar-refractivity contribution in [3.05, 3.63) is 35.3 Å². The molecule has 26 heavy (non-hydrogen) atoms. The van der Waals surface area contributed by atoms with E-state index in [1.807, 2.05) is 33.0 Å². The number of hydrogen-bond donors (Lipinski definition) is 1. The Morgan fingerprint density at radius 2 is 1.81 bits per heavy atom. The molecular weight excluding hydrogens is 351 g/mol. The molecule has 0 unspecified atom stereocenters. The van der Waals surface area contributed by atoms with Gasteiger partial charge in [-0.3, -0.25) is 0 Å². The van der Waals surface area contributed by atoms with Crippen molar-refractivity contribution < 1.29 is 12.8 Å². The van der Waals surface area contributed by atoms with Gasteiger partial charge in [0.15, 0.2) is 0 Å². The molecule has 1 saturated carbocycles. The summed E-state index contributed by atoms with van der Waals surface area (Å²) in [6.07, 6.45) is 3.43. The summed E-state index contributed by atoms with van der Waals surface area (Å²) in [6.45, 7) is 10.9. The first kappa shape index (κ1) is 19.4. The summed E-state index contributed by atoms with van der Waals surface area (Å²) in [5.41, 5.74) is 2.49. The minimum Gasteiger partial charge on any atom is -0.347 e. The highest BCUT2D eigenvalue weighted by Crippen LogP contribution is 2.34. The number of nitrogens with zero attached hydrogens (tertiary/aromatic N) is 1. The van der Waals surface area contributed by atoms with Crippen LogP contribution in [0.4, 0.5) is 4.39 Å². The Balaban J connectivity index is 2.08. The smallest absolute Gasteiger partial charge is 0.215 e. The molecule has 6 heteroatoms. The first-order valence-corrected chi connectivity index (χ1v) is 11.0. The quantitative estimate of drug-likeness (QED) is 0.757. The molecule has 1 N–H and O–H groups in total. The van der Waals surface area contributed by atoms with Gasteiger partial charge in [-0.15, -0.1) is 0 Å². The minimum absolute atomic E-state index is 0.0936. The van der Waals surface area contributed by atoms with Gasteiger partial charge in [-0.05, 0) is 54.9 Å². The molecule has 0 aliphatic heterocycles. The van der Waals surface area contributed by atoms with Crippen molar-refractivity contribution in [3.63, 3.8) is 0 Å². The number of fused-ring (bicyclic) bond motifs is 1. The molecule has 4 nitrogen and oxygen atoms in total. The second kappa shape index (κ2) is 6.97. The number of halogens is 1. The summed E-state index contributed by atoms with van der Waals surface area (Å²) in [6, 6.07) is 3.10. The molecule has 0 spiro atoms. The zero-order chi connectivity index (χ0) is 19.2. The van der Waals surface area contributed by atoms with Gasteiger partial charge >= 0.3 is 0 Å². The van der Waals surface area contributed by atoms with Crippen molar-refractivity contribution >= 4 is 20.9 Å². The molecular formula is C20H29FN2O2S. The number of aromatic nitrogens is 1. The Bertz CT molecular complexity index is 912. The second-order valence-electron chi connectivity index (χ2n) is 8.26. The Morgan fingerprint density at radius 1 is 1.15 bits per heavy atom. The Hall–Kier alpha value is -1.40. The van der Waals surface area contributed by atoms with Crippen LogP contribution in [0.1, 0.15) is 70.5 Å². The van der Waals surface area contributed by atoms with E-state index in [0.29, 0.717) is 11.5 Å². The number of sulfonamides is 1. The van der Waals surface area contributed by atoms with Crippen molar-refractivity contribution in [1.82, 2.24) is 9.29 Å². The maximum Gasteiger partial charge on any atom is 0.215 e. The molecule has 1 aromatic heterocycles. The molecule has 144 valence electrons. The van der Waals surface area contributed by atoms with Gasteiger partial charge < -0.3 is 4.57 Å². The second-order valence-corrected chi connectivity index (χ2v) is 10.3. The van der Waals surface area contributed by atoms with Gasteiger partial charge in [0, 0.05) is 29.7 Å². The Labute approximate surface area is 155 Å². The van der Waals surface area contributed by atoms with E-state index >= 15 is 0 Å². The van der Waals surface area contributed by atoms with E-state index in [-0.39, 0.29) is 23.0 Å². The summed E-state index contributed by atoms with van der Waals surface area (Å²) in [7, 11) is -3.30. The third kappa shape index (κ3) is 3.81. The highest BCUT2D eigenvalue weighted by atomic mass is 32.2. The molecule has 0 bridgehead atoms. The fourth-order valence-corrected chi connectivity index (χ4v) is 5.04. The first-order chi connectivity index (χ1) is 12.1. The minimum atomic E-state index is -3.30. The van der Waals surface area contributed by atoms with Crippen LogP contribution in [0.15, 0.2) is 18.3 Å². The normalized spacial score (nSPS) is 16.8. The van der Waals surface area contributed by atoms with Crippen molar-refractivity contribution in [1.29, 1.82) is 0 Å². The zero-order valence-electron chi connectivity index (χ0n) is 16.2. The average molecular weight is 381 g/mol. The molecule has 1 atom stereocenters. The molecule has 1 fully saturated rings. The van der Waals surface area contributed by atoms with Crippen molar-refractivity contribution in [2.45, 2.75) is 71.2 Å². The van der Waals surface area contributed by atoms with Crippen LogP contribution in [0.3, 0.4) is 0 Å². The monoisotopic (exact) mass is 380 g/mol. The molecule has 0 amide bonds. The Kier molecular flexibility index (Phi) is 5.19. The summed E-state index contributed by atoms with van der Waals surface area (Å²) in [5, 5.41) is 0.525. The largest absolute Gasteiger partial charge is 0.347 e. The van der Waals surface area contributed by atoms with Crippen LogP contribution in [0.2, 0.25) is 0 Å². The fourth-order valence-electron chi connectivity index (χ4n) is 3.47. The average Bonchev–Trinajstić information content (AvgIpc) is 3.31. The van der Waals surface area contributed by atoms with Crippen LogP contribution in [-0.4, -0.2) is 18.2 Å². The number of hydrogen-bond acceptors (Lipinski definition) is 2. The van der Waals surface area contributed by atoms with Crippen molar-refractivity contribution in [3.8, 4) is 0 Å². The van der Waals surface area contributed by atoms with E-state index in [1.165, 1.54) is 0 Å². The molecule has 1 aliphatic carbocycles.